The van der Waals surface area contributed by atoms with Gasteiger partial charge in [0.25, 0.3) is 5.89 Å². The third-order valence-corrected chi connectivity index (χ3v) is 6.34. The van der Waals surface area contributed by atoms with Crippen LogP contribution in [0, 0.1) is 12.7 Å². The number of benzene rings is 3. The van der Waals surface area contributed by atoms with Crippen LogP contribution in [-0.2, 0) is 6.54 Å². The SMILES string of the molecule is CCOc1ccc(C2NC(=O)N(Cc3ccccc3F)C(C)=C2c2nc(-c3cccc(C)c3)no2)cc1. The largest absolute Gasteiger partial charge is 0.494 e. The van der Waals surface area contributed by atoms with Gasteiger partial charge in [0.2, 0.25) is 5.82 Å². The van der Waals surface area contributed by atoms with Crippen LogP contribution in [0.4, 0.5) is 9.18 Å². The van der Waals surface area contributed by atoms with Crippen molar-refractivity contribution in [3.8, 4) is 17.1 Å². The van der Waals surface area contributed by atoms with Crippen molar-refractivity contribution in [1.29, 1.82) is 0 Å². The molecule has 0 radical (unpaired) electrons. The summed E-state index contributed by atoms with van der Waals surface area (Å²) < 4.78 is 25.8. The molecule has 1 N–H and O–H groups in total. The number of aromatic nitrogens is 2. The quantitative estimate of drug-likeness (QED) is 0.324. The van der Waals surface area contributed by atoms with Crippen molar-refractivity contribution >= 4 is 11.6 Å². The highest BCUT2D eigenvalue weighted by Crippen LogP contribution is 2.38. The van der Waals surface area contributed by atoms with Gasteiger partial charge in [-0.15, -0.1) is 0 Å². The first kappa shape index (κ1) is 24.2. The normalized spacial score (nSPS) is 15.6. The predicted octanol–water partition coefficient (Wildman–Crippen LogP) is 6.28. The molecule has 5 rings (SSSR count). The zero-order valence-corrected chi connectivity index (χ0v) is 20.9. The van der Waals surface area contributed by atoms with Crippen molar-refractivity contribution in [2.45, 2.75) is 33.4 Å². The van der Waals surface area contributed by atoms with Gasteiger partial charge in [0.1, 0.15) is 11.6 Å². The van der Waals surface area contributed by atoms with E-state index < -0.39 is 6.04 Å². The molecule has 8 heteroatoms. The smallest absolute Gasteiger partial charge is 0.322 e. The third kappa shape index (κ3) is 4.95. The Morgan fingerprint density at radius 3 is 2.57 bits per heavy atom. The number of halogens is 1. The molecule has 0 saturated heterocycles. The van der Waals surface area contributed by atoms with Crippen molar-refractivity contribution in [1.82, 2.24) is 20.4 Å². The van der Waals surface area contributed by atoms with Gasteiger partial charge >= 0.3 is 6.03 Å². The Hall–Kier alpha value is -4.46. The summed E-state index contributed by atoms with van der Waals surface area (Å²) in [6.07, 6.45) is 0. The second-order valence-electron chi connectivity index (χ2n) is 8.85. The molecule has 188 valence electrons. The lowest BCUT2D eigenvalue weighted by molar-refractivity contribution is 0.202. The summed E-state index contributed by atoms with van der Waals surface area (Å²) in [5.41, 5.74) is 4.38. The molecule has 0 saturated carbocycles. The van der Waals surface area contributed by atoms with Crippen molar-refractivity contribution in [3.63, 3.8) is 0 Å². The molecule has 1 aliphatic rings. The summed E-state index contributed by atoms with van der Waals surface area (Å²) in [7, 11) is 0. The zero-order valence-electron chi connectivity index (χ0n) is 20.9. The molecule has 3 aromatic carbocycles. The fourth-order valence-electron chi connectivity index (χ4n) is 4.45. The number of nitrogens with zero attached hydrogens (tertiary/aromatic N) is 3. The number of ether oxygens (including phenoxy) is 1. The first-order valence-corrected chi connectivity index (χ1v) is 12.1. The van der Waals surface area contributed by atoms with Gasteiger partial charge in [0, 0.05) is 16.8 Å². The lowest BCUT2D eigenvalue weighted by Crippen LogP contribution is -2.45. The summed E-state index contributed by atoms with van der Waals surface area (Å²) in [6.45, 7) is 6.34. The minimum atomic E-state index is -0.550. The molecule has 0 bridgehead atoms. The van der Waals surface area contributed by atoms with Crippen LogP contribution in [0.3, 0.4) is 0 Å². The Bertz CT molecular complexity index is 1460. The predicted molar refractivity (Wildman–Crippen MR) is 138 cm³/mol. The third-order valence-electron chi connectivity index (χ3n) is 6.34. The number of urea groups is 1. The van der Waals surface area contributed by atoms with Gasteiger partial charge in [-0.25, -0.2) is 9.18 Å². The number of hydrogen-bond acceptors (Lipinski definition) is 5. The molecular formula is C29H27FN4O3. The number of aryl methyl sites for hydroxylation is 1. The molecule has 0 fully saturated rings. The Morgan fingerprint density at radius 2 is 1.84 bits per heavy atom. The molecule has 4 aromatic rings. The maximum absolute atomic E-state index is 14.5. The lowest BCUT2D eigenvalue weighted by atomic mass is 9.94. The second kappa shape index (κ2) is 10.3. The summed E-state index contributed by atoms with van der Waals surface area (Å²) in [5, 5.41) is 7.26. The van der Waals surface area contributed by atoms with Crippen LogP contribution in [0.1, 0.15) is 42.5 Å². The minimum absolute atomic E-state index is 0.0582. The van der Waals surface area contributed by atoms with Crippen LogP contribution in [0.2, 0.25) is 0 Å². The maximum Gasteiger partial charge on any atom is 0.322 e. The summed E-state index contributed by atoms with van der Waals surface area (Å²) in [4.78, 5) is 19.5. The molecule has 1 aliphatic heterocycles. The number of nitrogens with one attached hydrogen (secondary N) is 1. The van der Waals surface area contributed by atoms with E-state index in [9.17, 15) is 9.18 Å². The van der Waals surface area contributed by atoms with E-state index in [4.69, 9.17) is 14.2 Å². The van der Waals surface area contributed by atoms with Crippen LogP contribution in [-0.4, -0.2) is 27.7 Å². The number of rotatable bonds is 7. The molecule has 1 atom stereocenters. The molecule has 0 spiro atoms. The summed E-state index contributed by atoms with van der Waals surface area (Å²) in [6, 6.07) is 20.8. The number of allylic oxidation sites excluding steroid dienone is 1. The van der Waals surface area contributed by atoms with Crippen LogP contribution in [0.15, 0.2) is 83.0 Å². The fourth-order valence-corrected chi connectivity index (χ4v) is 4.45. The first-order chi connectivity index (χ1) is 17.9. The standard InChI is InChI=1S/C29H27FN4O3/c1-4-36-23-14-12-20(13-15-23)26-25(28-32-27(33-37-28)21-10-7-8-18(2)16-21)19(3)34(29(35)31-26)17-22-9-5-6-11-24(22)30/h5-16,26H,4,17H2,1-3H3,(H,31,35). The highest BCUT2D eigenvalue weighted by molar-refractivity contribution is 5.87. The number of carbonyl (C=O) groups excluding carboxylic acids is 1. The van der Waals surface area contributed by atoms with Gasteiger partial charge in [-0.2, -0.15) is 4.98 Å². The molecule has 0 aliphatic carbocycles. The van der Waals surface area contributed by atoms with E-state index in [0.717, 1.165) is 22.4 Å². The molecule has 1 unspecified atom stereocenters. The van der Waals surface area contributed by atoms with E-state index in [0.29, 0.717) is 29.3 Å². The molecular weight excluding hydrogens is 471 g/mol. The van der Waals surface area contributed by atoms with Crippen LogP contribution >= 0.6 is 0 Å². The highest BCUT2D eigenvalue weighted by atomic mass is 19.1. The Kier molecular flexibility index (Phi) is 6.72. The van der Waals surface area contributed by atoms with Crippen LogP contribution < -0.4 is 10.1 Å². The van der Waals surface area contributed by atoms with E-state index in [1.807, 2.05) is 69.3 Å². The number of amides is 2. The van der Waals surface area contributed by atoms with Gasteiger partial charge in [-0.3, -0.25) is 4.90 Å². The monoisotopic (exact) mass is 498 g/mol. The van der Waals surface area contributed by atoms with E-state index in [-0.39, 0.29) is 24.3 Å². The number of hydrogen-bond donors (Lipinski definition) is 1. The first-order valence-electron chi connectivity index (χ1n) is 12.1. The Morgan fingerprint density at radius 1 is 1.05 bits per heavy atom. The summed E-state index contributed by atoms with van der Waals surface area (Å²) in [5.74, 6) is 1.09. The molecule has 37 heavy (non-hydrogen) atoms. The topological polar surface area (TPSA) is 80.5 Å². The second-order valence-corrected chi connectivity index (χ2v) is 8.85. The van der Waals surface area contributed by atoms with Gasteiger partial charge < -0.3 is 14.6 Å². The van der Waals surface area contributed by atoms with E-state index in [2.05, 4.69) is 10.5 Å². The molecule has 7 nitrogen and oxygen atoms in total. The van der Waals surface area contributed by atoms with Crippen molar-refractivity contribution in [3.05, 3.63) is 107 Å². The van der Waals surface area contributed by atoms with Gasteiger partial charge in [-0.1, -0.05) is 59.3 Å². The average Bonchev–Trinajstić information content (AvgIpc) is 3.38. The van der Waals surface area contributed by atoms with Gasteiger partial charge in [-0.05, 0) is 50.6 Å². The van der Waals surface area contributed by atoms with Crippen molar-refractivity contribution in [2.24, 2.45) is 0 Å². The lowest BCUT2D eigenvalue weighted by Gasteiger charge is -2.35. The molecule has 2 heterocycles. The van der Waals surface area contributed by atoms with E-state index in [1.54, 1.807) is 18.2 Å². The van der Waals surface area contributed by atoms with Crippen molar-refractivity contribution < 1.29 is 18.4 Å². The maximum atomic E-state index is 14.5. The fraction of sp³-hybridized carbons (Fsp3) is 0.207. The van der Waals surface area contributed by atoms with Crippen LogP contribution in [0.5, 0.6) is 5.75 Å². The van der Waals surface area contributed by atoms with E-state index >= 15 is 0 Å². The van der Waals surface area contributed by atoms with Gasteiger partial charge in [0.05, 0.1) is 24.8 Å². The number of carbonyl (C=O) groups is 1. The van der Waals surface area contributed by atoms with Crippen LogP contribution in [0.25, 0.3) is 17.0 Å². The van der Waals surface area contributed by atoms with Crippen molar-refractivity contribution in [2.75, 3.05) is 6.61 Å². The average molecular weight is 499 g/mol. The van der Waals surface area contributed by atoms with E-state index in [1.165, 1.54) is 11.0 Å². The molecule has 1 aromatic heterocycles. The summed E-state index contributed by atoms with van der Waals surface area (Å²) >= 11 is 0. The minimum Gasteiger partial charge on any atom is -0.494 e. The zero-order chi connectivity index (χ0) is 25.9. The Balaban J connectivity index is 1.59. The Labute approximate surface area is 214 Å². The molecule has 2 amide bonds. The highest BCUT2D eigenvalue weighted by Gasteiger charge is 2.36. The van der Waals surface area contributed by atoms with Gasteiger partial charge in [0.15, 0.2) is 0 Å².